The number of anilines is 1. The quantitative estimate of drug-likeness (QED) is 0.801. The second kappa shape index (κ2) is 9.51. The number of halogens is 1. The summed E-state index contributed by atoms with van der Waals surface area (Å²) in [6, 6.07) is 4.81. The molecule has 1 unspecified atom stereocenters. The molecule has 0 aromatic heterocycles. The predicted molar refractivity (Wildman–Crippen MR) is 108 cm³/mol. The van der Waals surface area contributed by atoms with E-state index in [-0.39, 0.29) is 17.8 Å². The van der Waals surface area contributed by atoms with Crippen LogP contribution in [0.25, 0.3) is 0 Å². The maximum absolute atomic E-state index is 14.7. The number of benzene rings is 1. The number of likely N-dealkylation sites (N-methyl/N-ethyl adjacent to an activating group) is 1. The fourth-order valence-corrected chi connectivity index (χ4v) is 4.37. The maximum Gasteiger partial charge on any atom is 0.251 e. The Labute approximate surface area is 162 Å². The molecule has 5 nitrogen and oxygen atoms in total. The van der Waals surface area contributed by atoms with E-state index < -0.39 is 0 Å². The van der Waals surface area contributed by atoms with Crippen molar-refractivity contribution in [3.63, 3.8) is 0 Å². The van der Waals surface area contributed by atoms with Gasteiger partial charge in [-0.3, -0.25) is 4.79 Å². The minimum Gasteiger partial charge on any atom is -0.367 e. The van der Waals surface area contributed by atoms with Gasteiger partial charge in [-0.15, -0.1) is 0 Å². The van der Waals surface area contributed by atoms with Crippen LogP contribution in [0.15, 0.2) is 18.2 Å². The van der Waals surface area contributed by atoms with Crippen molar-refractivity contribution in [3.8, 4) is 0 Å². The Morgan fingerprint density at radius 1 is 1.22 bits per heavy atom. The average molecular weight is 377 g/mol. The SMILES string of the molecule is CCN1CCN(c2ccc(C(=O)NC(CN)C3CCCCC3)cc2F)CC1. The second-order valence-electron chi connectivity index (χ2n) is 7.80. The van der Waals surface area contributed by atoms with Gasteiger partial charge in [-0.05, 0) is 43.5 Å². The van der Waals surface area contributed by atoms with Crippen LogP contribution in [0.5, 0.6) is 0 Å². The Balaban J connectivity index is 1.63. The van der Waals surface area contributed by atoms with Crippen LogP contribution < -0.4 is 16.0 Å². The number of piperazine rings is 1. The van der Waals surface area contributed by atoms with E-state index in [9.17, 15) is 9.18 Å². The second-order valence-corrected chi connectivity index (χ2v) is 7.80. The van der Waals surface area contributed by atoms with Crippen LogP contribution in [0, 0.1) is 11.7 Å². The summed E-state index contributed by atoms with van der Waals surface area (Å²) in [6.45, 7) is 7.11. The molecule has 1 aliphatic heterocycles. The molecule has 0 radical (unpaired) electrons. The molecule has 1 aromatic rings. The highest BCUT2D eigenvalue weighted by Crippen LogP contribution is 2.27. The number of nitrogens with one attached hydrogen (secondary N) is 1. The molecule has 1 saturated carbocycles. The normalized spacial score (nSPS) is 20.5. The van der Waals surface area contributed by atoms with E-state index in [0.29, 0.717) is 23.7 Å². The Morgan fingerprint density at radius 2 is 1.93 bits per heavy atom. The third kappa shape index (κ3) is 4.99. The van der Waals surface area contributed by atoms with E-state index in [0.717, 1.165) is 45.6 Å². The number of carbonyl (C=O) groups is 1. The smallest absolute Gasteiger partial charge is 0.251 e. The Morgan fingerprint density at radius 3 is 2.52 bits per heavy atom. The molecule has 3 N–H and O–H groups in total. The van der Waals surface area contributed by atoms with Gasteiger partial charge in [-0.25, -0.2) is 4.39 Å². The number of hydrogen-bond acceptors (Lipinski definition) is 4. The minimum atomic E-state index is -0.324. The molecule has 6 heteroatoms. The van der Waals surface area contributed by atoms with Gasteiger partial charge in [0.25, 0.3) is 5.91 Å². The summed E-state index contributed by atoms with van der Waals surface area (Å²) in [5.74, 6) is -0.112. The molecule has 1 heterocycles. The van der Waals surface area contributed by atoms with E-state index in [1.54, 1.807) is 12.1 Å². The molecule has 1 saturated heterocycles. The fourth-order valence-electron chi connectivity index (χ4n) is 4.37. The van der Waals surface area contributed by atoms with Crippen LogP contribution in [-0.4, -0.2) is 56.1 Å². The van der Waals surface area contributed by atoms with Crippen molar-refractivity contribution in [1.82, 2.24) is 10.2 Å². The summed E-state index contributed by atoms with van der Waals surface area (Å²) < 4.78 is 14.7. The first-order valence-corrected chi connectivity index (χ1v) is 10.4. The fraction of sp³-hybridized carbons (Fsp3) is 0.667. The molecular weight excluding hydrogens is 343 g/mol. The molecule has 1 amide bonds. The van der Waals surface area contributed by atoms with Crippen LogP contribution in [0.4, 0.5) is 10.1 Å². The molecule has 2 fully saturated rings. The standard InChI is InChI=1S/C21H33FN4O/c1-2-25-10-12-26(13-11-25)20-9-8-17(14-18(20)22)21(27)24-19(15-23)16-6-4-3-5-7-16/h8-9,14,16,19H,2-7,10-13,15,23H2,1H3,(H,24,27). The van der Waals surface area contributed by atoms with Crippen molar-refractivity contribution < 1.29 is 9.18 Å². The van der Waals surface area contributed by atoms with Gasteiger partial charge in [0.05, 0.1) is 5.69 Å². The molecule has 0 spiro atoms. The Kier molecular flexibility index (Phi) is 7.07. The molecule has 3 rings (SSSR count). The predicted octanol–water partition coefficient (Wildman–Crippen LogP) is 2.61. The van der Waals surface area contributed by atoms with Gasteiger partial charge >= 0.3 is 0 Å². The third-order valence-corrected chi connectivity index (χ3v) is 6.16. The molecule has 27 heavy (non-hydrogen) atoms. The van der Waals surface area contributed by atoms with E-state index in [1.807, 2.05) is 0 Å². The monoisotopic (exact) mass is 376 g/mol. The van der Waals surface area contributed by atoms with E-state index in [2.05, 4.69) is 22.0 Å². The molecule has 150 valence electrons. The molecule has 2 aliphatic rings. The van der Waals surface area contributed by atoms with Gasteiger partial charge in [0.2, 0.25) is 0 Å². The molecule has 1 atom stereocenters. The number of hydrogen-bond donors (Lipinski definition) is 2. The zero-order valence-electron chi connectivity index (χ0n) is 16.4. The summed E-state index contributed by atoms with van der Waals surface area (Å²) in [5, 5.41) is 3.04. The molecular formula is C21H33FN4O. The highest BCUT2D eigenvalue weighted by atomic mass is 19.1. The zero-order valence-corrected chi connectivity index (χ0v) is 16.4. The Bertz CT molecular complexity index is 625. The van der Waals surface area contributed by atoms with Crippen molar-refractivity contribution in [3.05, 3.63) is 29.6 Å². The maximum atomic E-state index is 14.7. The van der Waals surface area contributed by atoms with Gasteiger partial charge in [-0.1, -0.05) is 26.2 Å². The summed E-state index contributed by atoms with van der Waals surface area (Å²) in [5.41, 5.74) is 6.87. The Hall–Kier alpha value is -1.66. The van der Waals surface area contributed by atoms with Gasteiger partial charge in [0, 0.05) is 44.3 Å². The average Bonchev–Trinajstić information content (AvgIpc) is 2.72. The summed E-state index contributed by atoms with van der Waals surface area (Å²) in [4.78, 5) is 17.0. The molecule has 1 aliphatic carbocycles. The van der Waals surface area contributed by atoms with Crippen molar-refractivity contribution in [1.29, 1.82) is 0 Å². The summed E-state index contributed by atoms with van der Waals surface area (Å²) >= 11 is 0. The highest BCUT2D eigenvalue weighted by molar-refractivity contribution is 5.94. The van der Waals surface area contributed by atoms with E-state index in [4.69, 9.17) is 5.73 Å². The molecule has 0 bridgehead atoms. The van der Waals surface area contributed by atoms with Gasteiger partial charge < -0.3 is 20.9 Å². The van der Waals surface area contributed by atoms with Crippen LogP contribution >= 0.6 is 0 Å². The van der Waals surface area contributed by atoms with Gasteiger partial charge in [0.1, 0.15) is 5.82 Å². The number of nitrogens with zero attached hydrogens (tertiary/aromatic N) is 2. The first kappa shape index (κ1) is 20.1. The topological polar surface area (TPSA) is 61.6 Å². The highest BCUT2D eigenvalue weighted by Gasteiger charge is 2.25. The lowest BCUT2D eigenvalue weighted by Crippen LogP contribution is -2.46. The zero-order chi connectivity index (χ0) is 19.2. The molecule has 1 aromatic carbocycles. The largest absolute Gasteiger partial charge is 0.367 e. The lowest BCUT2D eigenvalue weighted by Gasteiger charge is -2.35. The lowest BCUT2D eigenvalue weighted by molar-refractivity contribution is 0.0915. The van der Waals surface area contributed by atoms with Crippen LogP contribution in [0.1, 0.15) is 49.4 Å². The van der Waals surface area contributed by atoms with Crippen molar-refractivity contribution >= 4 is 11.6 Å². The minimum absolute atomic E-state index is 0.0253. The summed E-state index contributed by atoms with van der Waals surface area (Å²) in [6.07, 6.45) is 5.89. The van der Waals surface area contributed by atoms with Crippen LogP contribution in [0.3, 0.4) is 0 Å². The van der Waals surface area contributed by atoms with Crippen LogP contribution in [0.2, 0.25) is 0 Å². The number of carbonyl (C=O) groups excluding carboxylic acids is 1. The van der Waals surface area contributed by atoms with Crippen molar-refractivity contribution in [2.75, 3.05) is 44.2 Å². The van der Waals surface area contributed by atoms with Gasteiger partial charge in [0.15, 0.2) is 0 Å². The first-order chi connectivity index (χ1) is 13.1. The lowest BCUT2D eigenvalue weighted by atomic mass is 9.84. The summed E-state index contributed by atoms with van der Waals surface area (Å²) in [7, 11) is 0. The third-order valence-electron chi connectivity index (χ3n) is 6.16. The number of amides is 1. The number of nitrogens with two attached hydrogens (primary N) is 1. The van der Waals surface area contributed by atoms with Gasteiger partial charge in [-0.2, -0.15) is 0 Å². The number of rotatable bonds is 6. The van der Waals surface area contributed by atoms with E-state index >= 15 is 0 Å². The van der Waals surface area contributed by atoms with Crippen LogP contribution in [-0.2, 0) is 0 Å². The van der Waals surface area contributed by atoms with Crippen molar-refractivity contribution in [2.24, 2.45) is 11.7 Å². The van der Waals surface area contributed by atoms with Crippen molar-refractivity contribution in [2.45, 2.75) is 45.1 Å². The van der Waals surface area contributed by atoms with E-state index in [1.165, 1.54) is 25.3 Å². The first-order valence-electron chi connectivity index (χ1n) is 10.4.